The second kappa shape index (κ2) is 7.73. The minimum absolute atomic E-state index is 0.0933. The Morgan fingerprint density at radius 2 is 1.77 bits per heavy atom. The van der Waals surface area contributed by atoms with E-state index in [2.05, 4.69) is 16.0 Å². The average Bonchev–Trinajstić information content (AvgIpc) is 2.62. The van der Waals surface area contributed by atoms with Gasteiger partial charge in [0.1, 0.15) is 11.6 Å². The van der Waals surface area contributed by atoms with Crippen molar-refractivity contribution in [3.63, 3.8) is 0 Å². The van der Waals surface area contributed by atoms with Gasteiger partial charge in [-0.05, 0) is 54.7 Å². The van der Waals surface area contributed by atoms with Crippen LogP contribution in [0.15, 0.2) is 24.5 Å². The van der Waals surface area contributed by atoms with Crippen molar-refractivity contribution >= 4 is 5.82 Å². The van der Waals surface area contributed by atoms with E-state index in [0.717, 1.165) is 24.3 Å². The minimum Gasteiger partial charge on any atom is -0.382 e. The van der Waals surface area contributed by atoms with Gasteiger partial charge in [-0.3, -0.25) is 4.98 Å². The third-order valence-corrected chi connectivity index (χ3v) is 6.30. The topological polar surface area (TPSA) is 51.8 Å². The maximum Gasteiger partial charge on any atom is 0.141 e. The monoisotopic (exact) mass is 353 g/mol. The quantitative estimate of drug-likeness (QED) is 0.756. The number of anilines is 1. The molecule has 1 heterocycles. The average molecular weight is 353 g/mol. The van der Waals surface area contributed by atoms with E-state index >= 15 is 4.39 Å². The maximum absolute atomic E-state index is 15.5. The lowest BCUT2D eigenvalue weighted by molar-refractivity contribution is 0.336. The molecule has 2 saturated carbocycles. The van der Waals surface area contributed by atoms with E-state index in [9.17, 15) is 0 Å². The SMILES string of the molecule is Nc1cnc(-c2ccc(C3CCC3)c(CCC3CCCCC3)c2F)cn1. The van der Waals surface area contributed by atoms with Crippen molar-refractivity contribution in [3.05, 3.63) is 41.5 Å². The molecule has 0 radical (unpaired) electrons. The standard InChI is InChI=1S/C22H28FN3/c23-22-18(10-9-15-5-2-1-3-6-15)17(16-7-4-8-16)11-12-19(22)20-13-26-21(24)14-25-20/h11-16H,1-10H2,(H2,24,26). The van der Waals surface area contributed by atoms with Gasteiger partial charge in [0.05, 0.1) is 18.1 Å². The molecule has 0 unspecified atom stereocenters. The summed E-state index contributed by atoms with van der Waals surface area (Å²) in [6.07, 6.45) is 15.3. The Bertz CT molecular complexity index is 747. The number of nitrogens with two attached hydrogens (primary N) is 1. The molecule has 3 nitrogen and oxygen atoms in total. The van der Waals surface area contributed by atoms with E-state index in [4.69, 9.17) is 5.73 Å². The van der Waals surface area contributed by atoms with Crippen LogP contribution in [0, 0.1) is 11.7 Å². The Morgan fingerprint density at radius 1 is 0.962 bits per heavy atom. The highest BCUT2D eigenvalue weighted by Crippen LogP contribution is 2.41. The molecule has 138 valence electrons. The fourth-order valence-electron chi connectivity index (χ4n) is 4.49. The smallest absolute Gasteiger partial charge is 0.141 e. The molecule has 1 aromatic heterocycles. The summed E-state index contributed by atoms with van der Waals surface area (Å²) in [5.74, 6) is 1.57. The Balaban J connectivity index is 1.63. The zero-order chi connectivity index (χ0) is 17.9. The lowest BCUT2D eigenvalue weighted by atomic mass is 9.76. The largest absolute Gasteiger partial charge is 0.382 e. The molecule has 1 aromatic carbocycles. The number of halogens is 1. The zero-order valence-corrected chi connectivity index (χ0v) is 15.4. The molecule has 2 N–H and O–H groups in total. The molecule has 0 atom stereocenters. The second-order valence-electron chi connectivity index (χ2n) is 7.99. The van der Waals surface area contributed by atoms with Gasteiger partial charge in [0.15, 0.2) is 0 Å². The first kappa shape index (κ1) is 17.4. The van der Waals surface area contributed by atoms with E-state index in [-0.39, 0.29) is 5.82 Å². The van der Waals surface area contributed by atoms with Crippen LogP contribution in [0.2, 0.25) is 0 Å². The van der Waals surface area contributed by atoms with Gasteiger partial charge in [-0.1, -0.05) is 44.6 Å². The fraction of sp³-hybridized carbons (Fsp3) is 0.545. The van der Waals surface area contributed by atoms with Crippen molar-refractivity contribution in [2.24, 2.45) is 5.92 Å². The molecule has 0 bridgehead atoms. The molecule has 2 aliphatic rings. The van der Waals surface area contributed by atoms with Crippen LogP contribution in [0.1, 0.15) is 74.8 Å². The van der Waals surface area contributed by atoms with Gasteiger partial charge in [0, 0.05) is 5.56 Å². The molecular formula is C22H28FN3. The predicted octanol–water partition coefficient (Wildman–Crippen LogP) is 5.65. The first-order valence-corrected chi connectivity index (χ1v) is 10.1. The number of rotatable bonds is 5. The van der Waals surface area contributed by atoms with Crippen molar-refractivity contribution in [3.8, 4) is 11.3 Å². The molecule has 2 aliphatic carbocycles. The number of aromatic nitrogens is 2. The molecular weight excluding hydrogens is 325 g/mol. The van der Waals surface area contributed by atoms with E-state index < -0.39 is 0 Å². The fourth-order valence-corrected chi connectivity index (χ4v) is 4.49. The maximum atomic E-state index is 15.5. The van der Waals surface area contributed by atoms with E-state index in [1.807, 2.05) is 6.07 Å². The summed E-state index contributed by atoms with van der Waals surface area (Å²) < 4.78 is 15.5. The van der Waals surface area contributed by atoms with Crippen LogP contribution < -0.4 is 5.73 Å². The molecule has 0 saturated heterocycles. The molecule has 4 heteroatoms. The van der Waals surface area contributed by atoms with Crippen LogP contribution in [0.4, 0.5) is 10.2 Å². The first-order chi connectivity index (χ1) is 12.7. The number of benzene rings is 1. The Kier molecular flexibility index (Phi) is 5.18. The highest BCUT2D eigenvalue weighted by Gasteiger charge is 2.26. The highest BCUT2D eigenvalue weighted by atomic mass is 19.1. The van der Waals surface area contributed by atoms with Crippen molar-refractivity contribution in [1.29, 1.82) is 0 Å². The van der Waals surface area contributed by atoms with Crippen LogP contribution >= 0.6 is 0 Å². The molecule has 26 heavy (non-hydrogen) atoms. The first-order valence-electron chi connectivity index (χ1n) is 10.1. The summed E-state index contributed by atoms with van der Waals surface area (Å²) in [6.45, 7) is 0. The normalized spacial score (nSPS) is 18.7. The van der Waals surface area contributed by atoms with Crippen molar-refractivity contribution in [2.75, 3.05) is 5.73 Å². The predicted molar refractivity (Wildman–Crippen MR) is 103 cm³/mol. The van der Waals surface area contributed by atoms with E-state index in [1.165, 1.54) is 63.1 Å². The molecule has 4 rings (SSSR count). The van der Waals surface area contributed by atoms with Crippen LogP contribution in [0.5, 0.6) is 0 Å². The Morgan fingerprint density at radius 3 is 2.42 bits per heavy atom. The van der Waals surface area contributed by atoms with Crippen LogP contribution in [0.25, 0.3) is 11.3 Å². The Hall–Kier alpha value is -1.97. The number of nitrogen functional groups attached to an aromatic ring is 1. The van der Waals surface area contributed by atoms with Crippen LogP contribution in [-0.4, -0.2) is 9.97 Å². The second-order valence-corrected chi connectivity index (χ2v) is 7.99. The third-order valence-electron chi connectivity index (χ3n) is 6.30. The highest BCUT2D eigenvalue weighted by molar-refractivity contribution is 5.62. The molecule has 2 aromatic rings. The summed E-state index contributed by atoms with van der Waals surface area (Å²) in [7, 11) is 0. The number of nitrogens with zero attached hydrogens (tertiary/aromatic N) is 2. The van der Waals surface area contributed by atoms with Gasteiger partial charge in [0.2, 0.25) is 0 Å². The van der Waals surface area contributed by atoms with E-state index in [1.54, 1.807) is 6.20 Å². The molecule has 0 aliphatic heterocycles. The van der Waals surface area contributed by atoms with Gasteiger partial charge in [-0.2, -0.15) is 0 Å². The van der Waals surface area contributed by atoms with Crippen molar-refractivity contribution in [2.45, 2.75) is 70.1 Å². The minimum atomic E-state index is -0.0933. The van der Waals surface area contributed by atoms with Crippen LogP contribution in [-0.2, 0) is 6.42 Å². The summed E-state index contributed by atoms with van der Waals surface area (Å²) in [6, 6.07) is 4.02. The number of hydrogen-bond donors (Lipinski definition) is 1. The van der Waals surface area contributed by atoms with E-state index in [0.29, 0.717) is 23.0 Å². The molecule has 0 amide bonds. The lowest BCUT2D eigenvalue weighted by Crippen LogP contribution is -2.15. The summed E-state index contributed by atoms with van der Waals surface area (Å²) in [5, 5.41) is 0. The van der Waals surface area contributed by atoms with Gasteiger partial charge < -0.3 is 5.73 Å². The van der Waals surface area contributed by atoms with Gasteiger partial charge in [-0.25, -0.2) is 9.37 Å². The zero-order valence-electron chi connectivity index (χ0n) is 15.4. The lowest BCUT2D eigenvalue weighted by Gasteiger charge is -2.29. The van der Waals surface area contributed by atoms with Gasteiger partial charge in [-0.15, -0.1) is 0 Å². The summed E-state index contributed by atoms with van der Waals surface area (Å²) in [4.78, 5) is 8.36. The van der Waals surface area contributed by atoms with Crippen LogP contribution in [0.3, 0.4) is 0 Å². The summed E-state index contributed by atoms with van der Waals surface area (Å²) >= 11 is 0. The van der Waals surface area contributed by atoms with Gasteiger partial charge >= 0.3 is 0 Å². The van der Waals surface area contributed by atoms with Crippen molar-refractivity contribution < 1.29 is 4.39 Å². The van der Waals surface area contributed by atoms with Gasteiger partial charge in [0.25, 0.3) is 0 Å². The van der Waals surface area contributed by atoms with Crippen molar-refractivity contribution in [1.82, 2.24) is 9.97 Å². The molecule has 0 spiro atoms. The number of hydrogen-bond acceptors (Lipinski definition) is 3. The summed E-state index contributed by atoms with van der Waals surface area (Å²) in [5.41, 5.74) is 8.91. The molecule has 2 fully saturated rings. The Labute approximate surface area is 155 Å². The third kappa shape index (κ3) is 3.60.